The maximum atomic E-state index is 11.4. The van der Waals surface area contributed by atoms with Gasteiger partial charge in [-0.2, -0.15) is 0 Å². The fourth-order valence-electron chi connectivity index (χ4n) is 2.84. The van der Waals surface area contributed by atoms with Gasteiger partial charge in [0.15, 0.2) is 6.29 Å². The minimum atomic E-state index is -0.341. The van der Waals surface area contributed by atoms with Crippen LogP contribution in [0.4, 0.5) is 0 Å². The Kier molecular flexibility index (Phi) is 5.00. The first-order valence-electron chi connectivity index (χ1n) is 8.22. The predicted molar refractivity (Wildman–Crippen MR) is 101 cm³/mol. The van der Waals surface area contributed by atoms with Crippen LogP contribution in [0.2, 0.25) is 0 Å². The largest absolute Gasteiger partial charge is 0.488 e. The molecule has 25 heavy (non-hydrogen) atoms. The number of carbonyl (C=O) groups excluding carboxylic acids is 1. The Hall–Kier alpha value is -2.85. The summed E-state index contributed by atoms with van der Waals surface area (Å²) in [5.74, 6) is 0.584. The zero-order valence-corrected chi connectivity index (χ0v) is 14.3. The van der Waals surface area contributed by atoms with E-state index in [4.69, 9.17) is 4.74 Å². The van der Waals surface area contributed by atoms with Crippen LogP contribution >= 0.6 is 0 Å². The molecule has 4 heteroatoms. The lowest BCUT2D eigenvalue weighted by Gasteiger charge is -2.15. The summed E-state index contributed by atoms with van der Waals surface area (Å²) < 4.78 is 7.85. The molecule has 0 spiro atoms. The van der Waals surface area contributed by atoms with Crippen molar-refractivity contribution in [1.82, 2.24) is 4.57 Å². The van der Waals surface area contributed by atoms with E-state index in [0.717, 1.165) is 17.5 Å². The summed E-state index contributed by atoms with van der Waals surface area (Å²) in [6.07, 6.45) is 4.33. The zero-order chi connectivity index (χ0) is 17.8. The SMILES string of the molecule is CC(CO)Oc1cccc(C=O)c1/C=C/c1cc2ccccc2n1C. The monoisotopic (exact) mass is 335 g/mol. The number of nitrogens with zero attached hydrogens (tertiary/aromatic N) is 1. The second-order valence-electron chi connectivity index (χ2n) is 6.01. The third kappa shape index (κ3) is 3.49. The first-order valence-corrected chi connectivity index (χ1v) is 8.22. The van der Waals surface area contributed by atoms with Crippen molar-refractivity contribution in [2.75, 3.05) is 6.61 Å². The molecule has 3 rings (SSSR count). The lowest BCUT2D eigenvalue weighted by molar-refractivity contribution is 0.112. The van der Waals surface area contributed by atoms with Crippen LogP contribution in [-0.4, -0.2) is 28.7 Å². The molecule has 0 amide bonds. The molecule has 0 bridgehead atoms. The van der Waals surface area contributed by atoms with Gasteiger partial charge in [0.1, 0.15) is 11.9 Å². The van der Waals surface area contributed by atoms with E-state index < -0.39 is 0 Å². The molecule has 2 aromatic carbocycles. The molecule has 0 fully saturated rings. The molecule has 0 saturated heterocycles. The summed E-state index contributed by atoms with van der Waals surface area (Å²) in [5, 5.41) is 10.4. The second kappa shape index (κ2) is 7.36. The number of hydrogen-bond donors (Lipinski definition) is 1. The molecule has 3 aromatic rings. The molecule has 1 atom stereocenters. The lowest BCUT2D eigenvalue weighted by atomic mass is 10.1. The second-order valence-corrected chi connectivity index (χ2v) is 6.01. The number of ether oxygens (including phenoxy) is 1. The van der Waals surface area contributed by atoms with E-state index >= 15 is 0 Å². The molecular weight excluding hydrogens is 314 g/mol. The van der Waals surface area contributed by atoms with Crippen LogP contribution in [0.25, 0.3) is 23.1 Å². The van der Waals surface area contributed by atoms with Crippen molar-refractivity contribution in [3.8, 4) is 5.75 Å². The topological polar surface area (TPSA) is 51.5 Å². The van der Waals surface area contributed by atoms with Gasteiger partial charge in [0.05, 0.1) is 6.61 Å². The molecule has 1 unspecified atom stereocenters. The molecule has 0 radical (unpaired) electrons. The Balaban J connectivity index is 2.01. The van der Waals surface area contributed by atoms with Crippen molar-refractivity contribution in [2.45, 2.75) is 13.0 Å². The lowest BCUT2D eigenvalue weighted by Crippen LogP contribution is -2.17. The van der Waals surface area contributed by atoms with Crippen LogP contribution in [0.1, 0.15) is 28.5 Å². The number of aldehydes is 1. The van der Waals surface area contributed by atoms with Gasteiger partial charge in [-0.3, -0.25) is 4.79 Å². The van der Waals surface area contributed by atoms with Gasteiger partial charge in [0.25, 0.3) is 0 Å². The van der Waals surface area contributed by atoms with Gasteiger partial charge >= 0.3 is 0 Å². The quantitative estimate of drug-likeness (QED) is 0.695. The molecule has 128 valence electrons. The van der Waals surface area contributed by atoms with Crippen LogP contribution in [0.5, 0.6) is 5.75 Å². The van der Waals surface area contributed by atoms with E-state index in [0.29, 0.717) is 16.9 Å². The van der Waals surface area contributed by atoms with Gasteiger partial charge in [-0.05, 0) is 37.3 Å². The summed E-state index contributed by atoms with van der Waals surface area (Å²) in [6, 6.07) is 15.6. The van der Waals surface area contributed by atoms with Crippen molar-refractivity contribution < 1.29 is 14.6 Å². The molecule has 1 heterocycles. The Morgan fingerprint density at radius 2 is 1.96 bits per heavy atom. The summed E-state index contributed by atoms with van der Waals surface area (Å²) in [5.41, 5.74) is 3.44. The number of fused-ring (bicyclic) bond motifs is 1. The Labute approximate surface area is 147 Å². The number of aliphatic hydroxyl groups is 1. The number of carbonyl (C=O) groups is 1. The van der Waals surface area contributed by atoms with Crippen LogP contribution in [0.15, 0.2) is 48.5 Å². The minimum Gasteiger partial charge on any atom is -0.488 e. The summed E-state index contributed by atoms with van der Waals surface area (Å²) >= 11 is 0. The molecular formula is C21H21NO3. The number of hydrogen-bond acceptors (Lipinski definition) is 3. The standard InChI is InChI=1S/C21H21NO3/c1-15(13-23)25-21-9-5-7-17(14-24)19(21)11-10-18-12-16-6-3-4-8-20(16)22(18)2/h3-12,14-15,23H,13H2,1-2H3/b11-10+. The minimum absolute atomic E-state index is 0.0856. The number of aryl methyl sites for hydroxylation is 1. The van der Waals surface area contributed by atoms with E-state index in [-0.39, 0.29) is 12.7 Å². The van der Waals surface area contributed by atoms with Crippen LogP contribution in [0, 0.1) is 0 Å². The van der Waals surface area contributed by atoms with E-state index in [2.05, 4.69) is 22.8 Å². The first-order chi connectivity index (χ1) is 12.1. The van der Waals surface area contributed by atoms with Crippen molar-refractivity contribution in [2.24, 2.45) is 7.05 Å². The van der Waals surface area contributed by atoms with Crippen LogP contribution in [0.3, 0.4) is 0 Å². The van der Waals surface area contributed by atoms with E-state index in [1.807, 2.05) is 31.3 Å². The summed E-state index contributed by atoms with van der Waals surface area (Å²) in [4.78, 5) is 11.4. The van der Waals surface area contributed by atoms with Crippen LogP contribution in [-0.2, 0) is 7.05 Å². The Bertz CT molecular complexity index is 924. The fraction of sp³-hybridized carbons (Fsp3) is 0.190. The fourth-order valence-corrected chi connectivity index (χ4v) is 2.84. The Morgan fingerprint density at radius 1 is 1.16 bits per heavy atom. The highest BCUT2D eigenvalue weighted by molar-refractivity contribution is 5.89. The molecule has 0 aliphatic heterocycles. The maximum Gasteiger partial charge on any atom is 0.150 e. The Morgan fingerprint density at radius 3 is 2.68 bits per heavy atom. The number of aromatic nitrogens is 1. The van der Waals surface area contributed by atoms with Gasteiger partial charge in [-0.1, -0.05) is 30.3 Å². The van der Waals surface area contributed by atoms with Gasteiger partial charge in [-0.25, -0.2) is 0 Å². The third-order valence-corrected chi connectivity index (χ3v) is 4.22. The predicted octanol–water partition coefficient (Wildman–Crippen LogP) is 3.92. The van der Waals surface area contributed by atoms with Gasteiger partial charge in [0.2, 0.25) is 0 Å². The molecule has 1 aromatic heterocycles. The normalized spacial score (nSPS) is 12.6. The van der Waals surface area contributed by atoms with E-state index in [9.17, 15) is 9.90 Å². The van der Waals surface area contributed by atoms with Gasteiger partial charge in [0, 0.05) is 34.8 Å². The van der Waals surface area contributed by atoms with Gasteiger partial charge in [-0.15, -0.1) is 0 Å². The molecule has 0 aliphatic rings. The molecule has 0 aliphatic carbocycles. The maximum absolute atomic E-state index is 11.4. The van der Waals surface area contributed by atoms with Crippen molar-refractivity contribution in [3.63, 3.8) is 0 Å². The highest BCUT2D eigenvalue weighted by Crippen LogP contribution is 2.26. The summed E-state index contributed by atoms with van der Waals surface area (Å²) in [6.45, 7) is 1.70. The van der Waals surface area contributed by atoms with E-state index in [1.54, 1.807) is 25.1 Å². The molecule has 0 saturated carbocycles. The number of rotatable bonds is 6. The average Bonchev–Trinajstić information content (AvgIpc) is 2.96. The third-order valence-electron chi connectivity index (χ3n) is 4.22. The highest BCUT2D eigenvalue weighted by atomic mass is 16.5. The van der Waals surface area contributed by atoms with Gasteiger partial charge < -0.3 is 14.4 Å². The molecule has 4 nitrogen and oxygen atoms in total. The number of para-hydroxylation sites is 1. The number of aliphatic hydroxyl groups excluding tert-OH is 1. The zero-order valence-electron chi connectivity index (χ0n) is 14.3. The highest BCUT2D eigenvalue weighted by Gasteiger charge is 2.10. The first kappa shape index (κ1) is 17.0. The van der Waals surface area contributed by atoms with Crippen molar-refractivity contribution in [3.05, 3.63) is 65.4 Å². The smallest absolute Gasteiger partial charge is 0.150 e. The average molecular weight is 335 g/mol. The van der Waals surface area contributed by atoms with E-state index in [1.165, 1.54) is 5.39 Å². The molecule has 1 N–H and O–H groups in total. The summed E-state index contributed by atoms with van der Waals surface area (Å²) in [7, 11) is 2.01. The number of benzene rings is 2. The van der Waals surface area contributed by atoms with Crippen molar-refractivity contribution >= 4 is 29.3 Å². The van der Waals surface area contributed by atoms with Crippen LogP contribution < -0.4 is 4.74 Å². The van der Waals surface area contributed by atoms with Crippen molar-refractivity contribution in [1.29, 1.82) is 0 Å².